The van der Waals surface area contributed by atoms with E-state index >= 15 is 0 Å². The third-order valence-electron chi connectivity index (χ3n) is 3.44. The fraction of sp³-hybridized carbons (Fsp3) is 0.462. The molecule has 2 rings (SSSR count). The SMILES string of the molecule is CC1CC1NC(=O)c1ccc(N(C)C)c(S(N)(=O)=O)c1. The molecule has 0 heterocycles. The van der Waals surface area contributed by atoms with Crippen molar-refractivity contribution in [3.05, 3.63) is 23.8 Å². The molecule has 0 bridgehead atoms. The minimum absolute atomic E-state index is 0.0426. The van der Waals surface area contributed by atoms with Crippen molar-refractivity contribution >= 4 is 21.6 Å². The van der Waals surface area contributed by atoms with Crippen LogP contribution in [0.25, 0.3) is 0 Å². The first-order chi connectivity index (χ1) is 9.20. The summed E-state index contributed by atoms with van der Waals surface area (Å²) in [6, 6.07) is 4.71. The van der Waals surface area contributed by atoms with E-state index in [1.165, 1.54) is 6.07 Å². The number of hydrogen-bond donors (Lipinski definition) is 2. The number of amides is 1. The Morgan fingerprint density at radius 2 is 2.00 bits per heavy atom. The van der Waals surface area contributed by atoms with E-state index in [1.807, 2.05) is 0 Å². The van der Waals surface area contributed by atoms with Crippen molar-refractivity contribution in [1.82, 2.24) is 5.32 Å². The van der Waals surface area contributed by atoms with E-state index in [9.17, 15) is 13.2 Å². The Morgan fingerprint density at radius 3 is 2.45 bits per heavy atom. The predicted octanol–water partition coefficient (Wildman–Crippen LogP) is 0.538. The maximum absolute atomic E-state index is 12.0. The fourth-order valence-corrected chi connectivity index (χ4v) is 2.86. The molecule has 20 heavy (non-hydrogen) atoms. The van der Waals surface area contributed by atoms with Crippen molar-refractivity contribution in [2.24, 2.45) is 11.1 Å². The van der Waals surface area contributed by atoms with Gasteiger partial charge in [0.25, 0.3) is 5.91 Å². The number of rotatable bonds is 4. The van der Waals surface area contributed by atoms with Crippen molar-refractivity contribution in [2.75, 3.05) is 19.0 Å². The standard InChI is InChI=1S/C13H19N3O3S/c1-8-6-10(8)15-13(17)9-4-5-11(16(2)3)12(7-9)20(14,18)19/h4-5,7-8,10H,6H2,1-3H3,(H,15,17)(H2,14,18,19). The predicted molar refractivity (Wildman–Crippen MR) is 77.2 cm³/mol. The minimum Gasteiger partial charge on any atom is -0.377 e. The minimum atomic E-state index is -3.88. The number of nitrogens with one attached hydrogen (secondary N) is 1. The second-order valence-electron chi connectivity index (χ2n) is 5.41. The summed E-state index contributed by atoms with van der Waals surface area (Å²) in [6.07, 6.45) is 0.962. The van der Waals surface area contributed by atoms with Gasteiger partial charge in [-0.15, -0.1) is 0 Å². The molecular formula is C13H19N3O3S. The van der Waals surface area contributed by atoms with E-state index in [1.54, 1.807) is 31.1 Å². The summed E-state index contributed by atoms with van der Waals surface area (Å²) in [4.78, 5) is 13.6. The second-order valence-corrected chi connectivity index (χ2v) is 6.94. The molecular weight excluding hydrogens is 278 g/mol. The topological polar surface area (TPSA) is 92.5 Å². The summed E-state index contributed by atoms with van der Waals surface area (Å²) < 4.78 is 23.3. The fourth-order valence-electron chi connectivity index (χ4n) is 2.03. The molecule has 0 aromatic heterocycles. The largest absolute Gasteiger partial charge is 0.377 e. The van der Waals surface area contributed by atoms with E-state index < -0.39 is 10.0 Å². The van der Waals surface area contributed by atoms with Crippen LogP contribution < -0.4 is 15.4 Å². The van der Waals surface area contributed by atoms with Gasteiger partial charge in [-0.1, -0.05) is 6.92 Å². The van der Waals surface area contributed by atoms with Crippen LogP contribution in [0.15, 0.2) is 23.1 Å². The molecule has 110 valence electrons. The second kappa shape index (κ2) is 5.06. The van der Waals surface area contributed by atoms with Crippen LogP contribution in [0.2, 0.25) is 0 Å². The average molecular weight is 297 g/mol. The number of carbonyl (C=O) groups is 1. The van der Waals surface area contributed by atoms with Gasteiger partial charge in [-0.3, -0.25) is 4.79 Å². The summed E-state index contributed by atoms with van der Waals surface area (Å²) in [7, 11) is -0.444. The van der Waals surface area contributed by atoms with Gasteiger partial charge in [0, 0.05) is 25.7 Å². The average Bonchev–Trinajstić information content (AvgIpc) is 3.02. The van der Waals surface area contributed by atoms with Crippen LogP contribution in [0.1, 0.15) is 23.7 Å². The number of primary sulfonamides is 1. The first-order valence-corrected chi connectivity index (χ1v) is 7.90. The lowest BCUT2D eigenvalue weighted by molar-refractivity contribution is 0.0949. The number of sulfonamides is 1. The summed E-state index contributed by atoms with van der Waals surface area (Å²) in [6.45, 7) is 2.05. The monoisotopic (exact) mass is 297 g/mol. The molecule has 0 spiro atoms. The van der Waals surface area contributed by atoms with Crippen LogP contribution in [0.5, 0.6) is 0 Å². The molecule has 2 atom stereocenters. The normalized spacial score (nSPS) is 21.4. The number of nitrogens with two attached hydrogens (primary N) is 1. The van der Waals surface area contributed by atoms with E-state index in [4.69, 9.17) is 5.14 Å². The van der Waals surface area contributed by atoms with Crippen LogP contribution >= 0.6 is 0 Å². The summed E-state index contributed by atoms with van der Waals surface area (Å²) in [5.74, 6) is 0.215. The Bertz CT molecular complexity index is 640. The van der Waals surface area contributed by atoms with Gasteiger partial charge in [-0.2, -0.15) is 0 Å². The molecule has 3 N–H and O–H groups in total. The van der Waals surface area contributed by atoms with Crippen molar-refractivity contribution in [1.29, 1.82) is 0 Å². The zero-order valence-electron chi connectivity index (χ0n) is 11.8. The van der Waals surface area contributed by atoms with Gasteiger partial charge in [-0.05, 0) is 30.5 Å². The van der Waals surface area contributed by atoms with E-state index in [2.05, 4.69) is 12.2 Å². The van der Waals surface area contributed by atoms with Crippen LogP contribution in [0.4, 0.5) is 5.69 Å². The highest BCUT2D eigenvalue weighted by Crippen LogP contribution is 2.30. The van der Waals surface area contributed by atoms with Crippen LogP contribution in [0, 0.1) is 5.92 Å². The molecule has 1 amide bonds. The molecule has 0 aliphatic heterocycles. The lowest BCUT2D eigenvalue weighted by atomic mass is 10.2. The van der Waals surface area contributed by atoms with Gasteiger partial charge in [0.2, 0.25) is 10.0 Å². The Labute approximate surface area is 119 Å². The van der Waals surface area contributed by atoms with Gasteiger partial charge in [0.15, 0.2) is 0 Å². The molecule has 1 aliphatic rings. The number of anilines is 1. The maximum atomic E-state index is 12.0. The van der Waals surface area contributed by atoms with Crippen molar-refractivity contribution in [3.8, 4) is 0 Å². The van der Waals surface area contributed by atoms with E-state index in [0.29, 0.717) is 17.2 Å². The van der Waals surface area contributed by atoms with Gasteiger partial charge in [0.05, 0.1) is 5.69 Å². The van der Waals surface area contributed by atoms with E-state index in [0.717, 1.165) is 6.42 Å². The van der Waals surface area contributed by atoms with Gasteiger partial charge < -0.3 is 10.2 Å². The number of benzene rings is 1. The lowest BCUT2D eigenvalue weighted by Crippen LogP contribution is -2.27. The van der Waals surface area contributed by atoms with Crippen LogP contribution in [0.3, 0.4) is 0 Å². The molecule has 2 unspecified atom stereocenters. The van der Waals surface area contributed by atoms with Gasteiger partial charge in [0.1, 0.15) is 4.90 Å². The summed E-state index contributed by atoms with van der Waals surface area (Å²) in [5.41, 5.74) is 0.766. The highest BCUT2D eigenvalue weighted by Gasteiger charge is 2.34. The quantitative estimate of drug-likeness (QED) is 0.848. The highest BCUT2D eigenvalue weighted by atomic mass is 32.2. The molecule has 1 aromatic rings. The smallest absolute Gasteiger partial charge is 0.251 e. The molecule has 0 saturated heterocycles. The molecule has 0 radical (unpaired) electrons. The Balaban J connectivity index is 2.34. The lowest BCUT2D eigenvalue weighted by Gasteiger charge is -2.17. The summed E-state index contributed by atoms with van der Waals surface area (Å²) >= 11 is 0. The van der Waals surface area contributed by atoms with Crippen molar-refractivity contribution in [3.63, 3.8) is 0 Å². The van der Waals surface area contributed by atoms with Crippen LogP contribution in [-0.2, 0) is 10.0 Å². The first-order valence-electron chi connectivity index (χ1n) is 6.35. The molecule has 7 heteroatoms. The Morgan fingerprint density at radius 1 is 1.40 bits per heavy atom. The third-order valence-corrected chi connectivity index (χ3v) is 4.38. The highest BCUT2D eigenvalue weighted by molar-refractivity contribution is 7.89. The van der Waals surface area contributed by atoms with Crippen molar-refractivity contribution < 1.29 is 13.2 Å². The summed E-state index contributed by atoms with van der Waals surface area (Å²) in [5, 5.41) is 8.07. The first kappa shape index (κ1) is 14.8. The zero-order valence-corrected chi connectivity index (χ0v) is 12.6. The Hall–Kier alpha value is -1.60. The molecule has 1 saturated carbocycles. The number of nitrogens with zero attached hydrogens (tertiary/aromatic N) is 1. The maximum Gasteiger partial charge on any atom is 0.251 e. The number of hydrogen-bond acceptors (Lipinski definition) is 4. The van der Waals surface area contributed by atoms with Gasteiger partial charge >= 0.3 is 0 Å². The van der Waals surface area contributed by atoms with E-state index in [-0.39, 0.29) is 16.8 Å². The third kappa shape index (κ3) is 3.10. The molecule has 1 fully saturated rings. The zero-order chi connectivity index (χ0) is 15.1. The Kier molecular flexibility index (Phi) is 3.75. The van der Waals surface area contributed by atoms with Gasteiger partial charge in [-0.25, -0.2) is 13.6 Å². The molecule has 6 nitrogen and oxygen atoms in total. The van der Waals surface area contributed by atoms with Crippen LogP contribution in [-0.4, -0.2) is 34.5 Å². The van der Waals surface area contributed by atoms with Crippen molar-refractivity contribution in [2.45, 2.75) is 24.3 Å². The molecule has 1 aromatic carbocycles. The molecule has 1 aliphatic carbocycles. The number of carbonyl (C=O) groups excluding carboxylic acids is 1.